The number of urea groups is 1. The number of hydrogen-bond donors (Lipinski definition) is 1. The van der Waals surface area contributed by atoms with Gasteiger partial charge in [0, 0.05) is 15.7 Å². The van der Waals surface area contributed by atoms with Gasteiger partial charge in [0.25, 0.3) is 0 Å². The van der Waals surface area contributed by atoms with Gasteiger partial charge in [-0.25, -0.2) is 0 Å². The zero-order valence-corrected chi connectivity index (χ0v) is 6.14. The van der Waals surface area contributed by atoms with E-state index >= 15 is 0 Å². The van der Waals surface area contributed by atoms with E-state index in [1.807, 2.05) is 6.07 Å². The van der Waals surface area contributed by atoms with Crippen molar-refractivity contribution in [3.63, 3.8) is 0 Å². The summed E-state index contributed by atoms with van der Waals surface area (Å²) in [6.45, 7) is 0. The third kappa shape index (κ3) is 2.32. The lowest BCUT2D eigenvalue weighted by Gasteiger charge is -1.98. The topological polar surface area (TPSA) is 77.9 Å². The van der Waals surface area contributed by atoms with E-state index in [0.717, 1.165) is 0 Å². The SMILES string of the molecule is [N-]=[N+]=NC(=O)Nc1ccccc1. The third-order valence-electron chi connectivity index (χ3n) is 1.16. The first kappa shape index (κ1) is 8.10. The second-order valence-corrected chi connectivity index (χ2v) is 1.99. The van der Waals surface area contributed by atoms with Crippen molar-refractivity contribution in [2.75, 3.05) is 5.32 Å². The van der Waals surface area contributed by atoms with E-state index in [1.54, 1.807) is 24.3 Å². The molecule has 0 aliphatic carbocycles. The van der Waals surface area contributed by atoms with Crippen molar-refractivity contribution < 1.29 is 4.79 Å². The van der Waals surface area contributed by atoms with Crippen LogP contribution in [0.3, 0.4) is 0 Å². The molecule has 1 rings (SSSR count). The van der Waals surface area contributed by atoms with Gasteiger partial charge < -0.3 is 5.32 Å². The van der Waals surface area contributed by atoms with Crippen LogP contribution in [0.5, 0.6) is 0 Å². The number of amides is 2. The lowest BCUT2D eigenvalue weighted by Crippen LogP contribution is -2.04. The van der Waals surface area contributed by atoms with E-state index in [0.29, 0.717) is 5.69 Å². The predicted molar refractivity (Wildman–Crippen MR) is 44.6 cm³/mol. The maximum atomic E-state index is 10.7. The molecule has 5 nitrogen and oxygen atoms in total. The molecule has 1 N–H and O–H groups in total. The summed E-state index contributed by atoms with van der Waals surface area (Å²) < 4.78 is 0. The summed E-state index contributed by atoms with van der Waals surface area (Å²) in [6, 6.07) is 8.06. The molecule has 12 heavy (non-hydrogen) atoms. The highest BCUT2D eigenvalue weighted by Gasteiger charge is 1.95. The molecule has 0 bridgehead atoms. The van der Waals surface area contributed by atoms with E-state index in [2.05, 4.69) is 15.3 Å². The lowest BCUT2D eigenvalue weighted by molar-refractivity contribution is 0.259. The fourth-order valence-electron chi connectivity index (χ4n) is 0.711. The van der Waals surface area contributed by atoms with Crippen LogP contribution in [0.25, 0.3) is 10.4 Å². The van der Waals surface area contributed by atoms with E-state index in [1.165, 1.54) is 0 Å². The Balaban J connectivity index is 2.64. The molecule has 0 saturated carbocycles. The van der Waals surface area contributed by atoms with Crippen LogP contribution in [0, 0.1) is 0 Å². The molecular weight excluding hydrogens is 156 g/mol. The van der Waals surface area contributed by atoms with Crippen LogP contribution in [0.2, 0.25) is 0 Å². The number of anilines is 1. The fraction of sp³-hybridized carbons (Fsp3) is 0. The number of nitrogens with zero attached hydrogens (tertiary/aromatic N) is 3. The molecule has 1 aromatic carbocycles. The monoisotopic (exact) mass is 162 g/mol. The van der Waals surface area contributed by atoms with Crippen LogP contribution < -0.4 is 5.32 Å². The number of azide groups is 1. The number of rotatable bonds is 1. The number of carbonyl (C=O) groups excluding carboxylic acids is 1. The quantitative estimate of drug-likeness (QED) is 0.384. The standard InChI is InChI=1S/C7H6N4O/c8-11-10-7(12)9-6-4-2-1-3-5-6/h1-5H,(H,9,12). The Morgan fingerprint density at radius 2 is 2.08 bits per heavy atom. The van der Waals surface area contributed by atoms with Crippen molar-refractivity contribution in [3.8, 4) is 0 Å². The van der Waals surface area contributed by atoms with E-state index in [4.69, 9.17) is 5.53 Å². The largest absolute Gasteiger partial charge is 0.321 e. The minimum Gasteiger partial charge on any atom is -0.321 e. The molecule has 0 aliphatic heterocycles. The van der Waals surface area contributed by atoms with Crippen molar-refractivity contribution in [2.45, 2.75) is 0 Å². The summed E-state index contributed by atoms with van der Waals surface area (Å²) in [5.74, 6) is 0. The van der Waals surface area contributed by atoms with Crippen LogP contribution in [-0.2, 0) is 0 Å². The molecule has 0 aromatic heterocycles. The Bertz CT molecular complexity index is 315. The van der Waals surface area contributed by atoms with E-state index in [9.17, 15) is 4.79 Å². The first-order valence-electron chi connectivity index (χ1n) is 3.24. The Labute approximate surface area is 68.6 Å². The summed E-state index contributed by atoms with van der Waals surface area (Å²) in [5, 5.41) is 5.23. The lowest BCUT2D eigenvalue weighted by atomic mass is 10.3. The minimum atomic E-state index is -0.705. The Morgan fingerprint density at radius 1 is 1.42 bits per heavy atom. The molecule has 0 saturated heterocycles. The molecule has 1 aromatic rings. The van der Waals surface area contributed by atoms with E-state index < -0.39 is 6.03 Å². The third-order valence-corrected chi connectivity index (χ3v) is 1.16. The Hall–Kier alpha value is -2.00. The first-order valence-corrected chi connectivity index (χ1v) is 3.24. The Morgan fingerprint density at radius 3 is 2.67 bits per heavy atom. The molecule has 0 heterocycles. The molecule has 0 unspecified atom stereocenters. The summed E-state index contributed by atoms with van der Waals surface area (Å²) >= 11 is 0. The molecular formula is C7H6N4O. The molecule has 0 fully saturated rings. The fourth-order valence-corrected chi connectivity index (χ4v) is 0.711. The molecule has 0 aliphatic rings. The van der Waals surface area contributed by atoms with Crippen LogP contribution in [-0.4, -0.2) is 6.03 Å². The average Bonchev–Trinajstić information content (AvgIpc) is 2.06. The summed E-state index contributed by atoms with van der Waals surface area (Å²) in [5.41, 5.74) is 8.52. The maximum absolute atomic E-state index is 10.7. The number of para-hydroxylation sites is 1. The van der Waals surface area contributed by atoms with Gasteiger partial charge in [0.2, 0.25) is 0 Å². The molecule has 60 valence electrons. The van der Waals surface area contributed by atoms with Gasteiger partial charge in [-0.05, 0) is 17.7 Å². The van der Waals surface area contributed by atoms with Crippen molar-refractivity contribution in [2.24, 2.45) is 5.11 Å². The van der Waals surface area contributed by atoms with Crippen molar-refractivity contribution >= 4 is 11.7 Å². The highest BCUT2D eigenvalue weighted by atomic mass is 16.2. The van der Waals surface area contributed by atoms with Gasteiger partial charge in [0.15, 0.2) is 0 Å². The van der Waals surface area contributed by atoms with Gasteiger partial charge >= 0.3 is 6.03 Å². The minimum absolute atomic E-state index is 0.606. The number of nitrogens with one attached hydrogen (secondary N) is 1. The molecule has 2 amide bonds. The second kappa shape index (κ2) is 4.00. The van der Waals surface area contributed by atoms with Gasteiger partial charge in [-0.2, -0.15) is 0 Å². The van der Waals surface area contributed by atoms with Crippen molar-refractivity contribution in [1.82, 2.24) is 0 Å². The van der Waals surface area contributed by atoms with Crippen molar-refractivity contribution in [3.05, 3.63) is 40.8 Å². The van der Waals surface area contributed by atoms with Crippen LogP contribution >= 0.6 is 0 Å². The summed E-state index contributed by atoms with van der Waals surface area (Å²) in [4.78, 5) is 13.0. The van der Waals surface area contributed by atoms with Crippen LogP contribution in [0.1, 0.15) is 0 Å². The van der Waals surface area contributed by atoms with E-state index in [-0.39, 0.29) is 0 Å². The summed E-state index contributed by atoms with van der Waals surface area (Å²) in [7, 11) is 0. The van der Waals surface area contributed by atoms with Crippen LogP contribution in [0.15, 0.2) is 35.4 Å². The van der Waals surface area contributed by atoms with Gasteiger partial charge in [-0.15, -0.1) is 0 Å². The predicted octanol–water partition coefficient (Wildman–Crippen LogP) is 2.53. The second-order valence-electron chi connectivity index (χ2n) is 1.99. The smallest absolute Gasteiger partial charge is 0.312 e. The van der Waals surface area contributed by atoms with Gasteiger partial charge in [-0.1, -0.05) is 18.2 Å². The highest BCUT2D eigenvalue weighted by Crippen LogP contribution is 2.04. The molecule has 5 heteroatoms. The molecule has 0 spiro atoms. The van der Waals surface area contributed by atoms with Gasteiger partial charge in [-0.3, -0.25) is 4.79 Å². The zero-order valence-electron chi connectivity index (χ0n) is 6.14. The average molecular weight is 162 g/mol. The van der Waals surface area contributed by atoms with Gasteiger partial charge in [0.05, 0.1) is 0 Å². The molecule has 0 atom stereocenters. The van der Waals surface area contributed by atoms with Crippen molar-refractivity contribution in [1.29, 1.82) is 0 Å². The number of benzene rings is 1. The Kier molecular flexibility index (Phi) is 2.70. The zero-order chi connectivity index (χ0) is 8.81. The van der Waals surface area contributed by atoms with Gasteiger partial charge in [0.1, 0.15) is 0 Å². The number of hydrogen-bond acceptors (Lipinski definition) is 1. The highest BCUT2D eigenvalue weighted by molar-refractivity contribution is 5.89. The molecule has 0 radical (unpaired) electrons. The normalized spacial score (nSPS) is 8.33. The number of carbonyl (C=O) groups is 1. The summed E-state index contributed by atoms with van der Waals surface area (Å²) in [6.07, 6.45) is 0. The first-order chi connectivity index (χ1) is 5.83. The maximum Gasteiger partial charge on any atom is 0.312 e. The van der Waals surface area contributed by atoms with Crippen LogP contribution in [0.4, 0.5) is 10.5 Å².